The first-order valence-electron chi connectivity index (χ1n) is 8.76. The monoisotopic (exact) mass is 446 g/mol. The molecule has 1 atom stereocenters. The molecule has 0 aliphatic rings. The molecule has 0 saturated carbocycles. The second-order valence-corrected chi connectivity index (χ2v) is 9.46. The Hall–Kier alpha value is -2.32. The maximum Gasteiger partial charge on any atom is 0.242 e. The van der Waals surface area contributed by atoms with Crippen LogP contribution in [0.15, 0.2) is 93.5 Å². The predicted molar refractivity (Wildman–Crippen MR) is 117 cm³/mol. The molecule has 0 aromatic heterocycles. The summed E-state index contributed by atoms with van der Waals surface area (Å²) in [6, 6.07) is 21.9. The molecular weight excluding hydrogens is 428 g/mol. The third-order valence-electron chi connectivity index (χ3n) is 3.97. The van der Waals surface area contributed by atoms with Gasteiger partial charge in [0.1, 0.15) is 0 Å². The van der Waals surface area contributed by atoms with Crippen molar-refractivity contribution in [2.24, 2.45) is 0 Å². The van der Waals surface area contributed by atoms with Gasteiger partial charge in [-0.3, -0.25) is 4.79 Å². The van der Waals surface area contributed by atoms with Crippen molar-refractivity contribution in [2.45, 2.75) is 27.7 Å². The van der Waals surface area contributed by atoms with E-state index in [1.165, 1.54) is 43.0 Å². The third-order valence-corrected chi connectivity index (χ3v) is 6.86. The summed E-state index contributed by atoms with van der Waals surface area (Å²) >= 11 is 7.31. The highest BCUT2D eigenvalue weighted by Crippen LogP contribution is 2.33. The van der Waals surface area contributed by atoms with E-state index in [0.717, 1.165) is 9.79 Å². The van der Waals surface area contributed by atoms with Crippen LogP contribution in [0.25, 0.3) is 0 Å². The number of halogens is 1. The molecule has 1 amide bonds. The molecule has 0 fully saturated rings. The number of carbonyl (C=O) groups excluding carboxylic acids is 1. The summed E-state index contributed by atoms with van der Waals surface area (Å²) in [5, 5.41) is 3.24. The molecule has 3 aromatic carbocycles. The van der Waals surface area contributed by atoms with Crippen molar-refractivity contribution in [1.82, 2.24) is 4.72 Å². The lowest BCUT2D eigenvalue weighted by atomic mass is 10.3. The number of hydrogen-bond acceptors (Lipinski definition) is 4. The van der Waals surface area contributed by atoms with Gasteiger partial charge in [0.2, 0.25) is 15.9 Å². The summed E-state index contributed by atoms with van der Waals surface area (Å²) in [5.41, 5.74) is 0.615. The molecule has 3 aromatic rings. The lowest BCUT2D eigenvalue weighted by Crippen LogP contribution is -2.41. The smallest absolute Gasteiger partial charge is 0.242 e. The maximum atomic E-state index is 12.6. The van der Waals surface area contributed by atoms with Crippen LogP contribution in [0.2, 0.25) is 5.02 Å². The van der Waals surface area contributed by atoms with Crippen molar-refractivity contribution in [3.63, 3.8) is 0 Å². The minimum atomic E-state index is -3.85. The Labute approximate surface area is 179 Å². The standard InChI is InChI=1S/C21H19ClN2O3S2/c1-15(24-29(26,27)18-13-11-16(22)12-14-18)21(25)23-19-9-5-6-10-20(19)28-17-7-3-2-4-8-17/h2-15,24H,1H3,(H,23,25)/t15-/m0/s1. The lowest BCUT2D eigenvalue weighted by Gasteiger charge is -2.16. The summed E-state index contributed by atoms with van der Waals surface area (Å²) in [6.45, 7) is 1.50. The Bertz CT molecular complexity index is 1090. The van der Waals surface area contributed by atoms with Crippen molar-refractivity contribution < 1.29 is 13.2 Å². The largest absolute Gasteiger partial charge is 0.324 e. The first kappa shape index (κ1) is 21.4. The molecule has 0 heterocycles. The average Bonchev–Trinajstić information content (AvgIpc) is 2.70. The minimum absolute atomic E-state index is 0.0431. The fourth-order valence-corrected chi connectivity index (χ4v) is 4.74. The van der Waals surface area contributed by atoms with Gasteiger partial charge in [0, 0.05) is 14.8 Å². The number of rotatable bonds is 7. The topological polar surface area (TPSA) is 75.3 Å². The van der Waals surface area contributed by atoms with E-state index in [-0.39, 0.29) is 4.90 Å². The van der Waals surface area contributed by atoms with E-state index in [1.807, 2.05) is 48.5 Å². The predicted octanol–water partition coefficient (Wildman–Crippen LogP) is 4.80. The molecule has 29 heavy (non-hydrogen) atoms. The molecule has 0 aliphatic carbocycles. The first-order chi connectivity index (χ1) is 13.8. The molecule has 8 heteroatoms. The summed E-state index contributed by atoms with van der Waals surface area (Å²) in [6.07, 6.45) is 0. The summed E-state index contributed by atoms with van der Waals surface area (Å²) < 4.78 is 27.4. The van der Waals surface area contributed by atoms with Gasteiger partial charge in [0.05, 0.1) is 16.6 Å². The van der Waals surface area contributed by atoms with Gasteiger partial charge in [0.25, 0.3) is 0 Å². The molecule has 0 aliphatic heterocycles. The van der Waals surface area contributed by atoms with Crippen molar-refractivity contribution in [1.29, 1.82) is 0 Å². The quantitative estimate of drug-likeness (QED) is 0.546. The Morgan fingerprint density at radius 1 is 0.931 bits per heavy atom. The lowest BCUT2D eigenvalue weighted by molar-refractivity contribution is -0.117. The SMILES string of the molecule is C[C@H](NS(=O)(=O)c1ccc(Cl)cc1)C(=O)Nc1ccccc1Sc1ccccc1. The average molecular weight is 447 g/mol. The summed E-state index contributed by atoms with van der Waals surface area (Å²) in [5.74, 6) is -0.455. The number of benzene rings is 3. The first-order valence-corrected chi connectivity index (χ1v) is 11.4. The van der Waals surface area contributed by atoms with Gasteiger partial charge in [-0.2, -0.15) is 4.72 Å². The molecule has 5 nitrogen and oxygen atoms in total. The zero-order valence-electron chi connectivity index (χ0n) is 15.5. The summed E-state index contributed by atoms with van der Waals surface area (Å²) in [7, 11) is -3.85. The fraction of sp³-hybridized carbons (Fsp3) is 0.0952. The van der Waals surface area contributed by atoms with Crippen LogP contribution in [0.3, 0.4) is 0 Å². The third kappa shape index (κ3) is 5.83. The van der Waals surface area contributed by atoms with E-state index in [1.54, 1.807) is 6.07 Å². The number of para-hydroxylation sites is 1. The number of anilines is 1. The molecule has 0 saturated heterocycles. The van der Waals surface area contributed by atoms with Crippen molar-refractivity contribution in [3.05, 3.63) is 83.9 Å². The zero-order chi connectivity index (χ0) is 20.9. The van der Waals surface area contributed by atoms with Gasteiger partial charge < -0.3 is 5.32 Å². The number of nitrogens with one attached hydrogen (secondary N) is 2. The molecule has 2 N–H and O–H groups in total. The highest BCUT2D eigenvalue weighted by Gasteiger charge is 2.22. The van der Waals surface area contributed by atoms with Gasteiger partial charge in [-0.05, 0) is 55.5 Å². The van der Waals surface area contributed by atoms with E-state index in [9.17, 15) is 13.2 Å². The van der Waals surface area contributed by atoms with Crippen LogP contribution >= 0.6 is 23.4 Å². The highest BCUT2D eigenvalue weighted by molar-refractivity contribution is 7.99. The molecule has 150 valence electrons. The Morgan fingerprint density at radius 3 is 2.24 bits per heavy atom. The van der Waals surface area contributed by atoms with Gasteiger partial charge in [-0.25, -0.2) is 8.42 Å². The van der Waals surface area contributed by atoms with Crippen LogP contribution < -0.4 is 10.0 Å². The number of carbonyl (C=O) groups is 1. The van der Waals surface area contributed by atoms with Crippen molar-refractivity contribution >= 4 is 45.0 Å². The molecule has 3 rings (SSSR count). The van der Waals surface area contributed by atoms with E-state index in [0.29, 0.717) is 10.7 Å². The molecule has 0 radical (unpaired) electrons. The number of sulfonamides is 1. The Balaban J connectivity index is 1.71. The number of hydrogen-bond donors (Lipinski definition) is 2. The van der Waals surface area contributed by atoms with E-state index in [4.69, 9.17) is 11.6 Å². The Morgan fingerprint density at radius 2 is 1.55 bits per heavy atom. The molecule has 0 bridgehead atoms. The summed E-state index contributed by atoms with van der Waals surface area (Å²) in [4.78, 5) is 14.5. The Kier molecular flexibility index (Phi) is 6.97. The van der Waals surface area contributed by atoms with E-state index < -0.39 is 22.0 Å². The van der Waals surface area contributed by atoms with Gasteiger partial charge in [-0.1, -0.05) is 53.7 Å². The molecule has 0 spiro atoms. The zero-order valence-corrected chi connectivity index (χ0v) is 17.9. The van der Waals surface area contributed by atoms with Crippen LogP contribution in [0.5, 0.6) is 0 Å². The van der Waals surface area contributed by atoms with Crippen LogP contribution in [0.1, 0.15) is 6.92 Å². The van der Waals surface area contributed by atoms with Gasteiger partial charge in [0.15, 0.2) is 0 Å². The van der Waals surface area contributed by atoms with Crippen molar-refractivity contribution in [2.75, 3.05) is 5.32 Å². The van der Waals surface area contributed by atoms with Gasteiger partial charge >= 0.3 is 0 Å². The van der Waals surface area contributed by atoms with Gasteiger partial charge in [-0.15, -0.1) is 0 Å². The van der Waals surface area contributed by atoms with Crippen molar-refractivity contribution in [3.8, 4) is 0 Å². The van der Waals surface area contributed by atoms with E-state index in [2.05, 4.69) is 10.0 Å². The number of amides is 1. The minimum Gasteiger partial charge on any atom is -0.324 e. The molecule has 0 unspecified atom stereocenters. The highest BCUT2D eigenvalue weighted by atomic mass is 35.5. The van der Waals surface area contributed by atoms with Crippen LogP contribution in [-0.2, 0) is 14.8 Å². The maximum absolute atomic E-state index is 12.6. The van der Waals surface area contributed by atoms with Crippen LogP contribution in [-0.4, -0.2) is 20.4 Å². The van der Waals surface area contributed by atoms with Crippen LogP contribution in [0.4, 0.5) is 5.69 Å². The fourth-order valence-electron chi connectivity index (χ4n) is 2.48. The second kappa shape index (κ2) is 9.45. The second-order valence-electron chi connectivity index (χ2n) is 6.20. The van der Waals surface area contributed by atoms with Crippen LogP contribution in [0, 0.1) is 0 Å². The van der Waals surface area contributed by atoms with E-state index >= 15 is 0 Å². The normalized spacial score (nSPS) is 12.3. The molecular formula is C21H19ClN2O3S2.